The van der Waals surface area contributed by atoms with Crippen LogP contribution in [-0.4, -0.2) is 4.83 Å². The van der Waals surface area contributed by atoms with Crippen LogP contribution in [0.15, 0.2) is 22.7 Å². The van der Waals surface area contributed by atoms with E-state index in [1.54, 1.807) is 0 Å². The Bertz CT molecular complexity index is 136. The second kappa shape index (κ2) is 6.17. The molecule has 0 N–H and O–H groups in total. The first-order chi connectivity index (χ1) is 4.70. The Labute approximate surface area is 79.6 Å². The molecule has 0 aromatic heterocycles. The second-order valence-corrected chi connectivity index (χ2v) is 4.07. The van der Waals surface area contributed by atoms with Gasteiger partial charge in [-0.15, -0.1) is 0 Å². The molecule has 0 aliphatic carbocycles. The molecule has 0 rings (SSSR count). The van der Waals surface area contributed by atoms with E-state index >= 15 is 0 Å². The molecule has 0 spiro atoms. The zero-order valence-corrected chi connectivity index (χ0v) is 9.44. The van der Waals surface area contributed by atoms with Crippen LogP contribution in [0.3, 0.4) is 0 Å². The van der Waals surface area contributed by atoms with Gasteiger partial charge in [0.15, 0.2) is 0 Å². The lowest BCUT2D eigenvalue weighted by molar-refractivity contribution is 0.991. The van der Waals surface area contributed by atoms with Crippen LogP contribution in [0.1, 0.15) is 20.3 Å². The second-order valence-electron chi connectivity index (χ2n) is 1.98. The van der Waals surface area contributed by atoms with Crippen LogP contribution in [0.2, 0.25) is 0 Å². The van der Waals surface area contributed by atoms with Gasteiger partial charge in [-0.1, -0.05) is 57.0 Å². The van der Waals surface area contributed by atoms with Crippen molar-refractivity contribution < 1.29 is 0 Å². The zero-order valence-electron chi connectivity index (χ0n) is 6.27. The van der Waals surface area contributed by atoms with Gasteiger partial charge < -0.3 is 0 Å². The fourth-order valence-corrected chi connectivity index (χ4v) is 1.73. The highest BCUT2D eigenvalue weighted by atomic mass is 79.9. The summed E-state index contributed by atoms with van der Waals surface area (Å²) < 4.78 is 1.14. The molecule has 0 saturated carbocycles. The maximum absolute atomic E-state index is 3.51. The predicted molar refractivity (Wildman–Crippen MR) is 54.8 cm³/mol. The topological polar surface area (TPSA) is 0 Å². The fraction of sp³-hybridized carbons (Fsp3) is 0.500. The maximum atomic E-state index is 3.51. The first kappa shape index (κ1) is 10.4. The van der Waals surface area contributed by atoms with Gasteiger partial charge in [0.1, 0.15) is 0 Å². The van der Waals surface area contributed by atoms with E-state index < -0.39 is 0 Å². The Kier molecular flexibility index (Phi) is 6.44. The molecule has 10 heavy (non-hydrogen) atoms. The van der Waals surface area contributed by atoms with Crippen molar-refractivity contribution in [3.05, 3.63) is 22.7 Å². The molecule has 0 aliphatic rings. The summed E-state index contributed by atoms with van der Waals surface area (Å²) >= 11 is 6.93. The molecule has 0 aromatic rings. The van der Waals surface area contributed by atoms with Gasteiger partial charge in [-0.05, 0) is 13.3 Å². The normalized spacial score (nSPS) is 16.2. The highest BCUT2D eigenvalue weighted by Crippen LogP contribution is 2.14. The van der Waals surface area contributed by atoms with Gasteiger partial charge in [-0.2, -0.15) is 0 Å². The first-order valence-corrected chi connectivity index (χ1v) is 5.05. The van der Waals surface area contributed by atoms with E-state index in [0.29, 0.717) is 4.83 Å². The lowest BCUT2D eigenvalue weighted by Crippen LogP contribution is -1.87. The van der Waals surface area contributed by atoms with Gasteiger partial charge in [0.05, 0.1) is 0 Å². The summed E-state index contributed by atoms with van der Waals surface area (Å²) in [7, 11) is 0. The van der Waals surface area contributed by atoms with Crippen molar-refractivity contribution in [3.63, 3.8) is 0 Å². The van der Waals surface area contributed by atoms with Crippen LogP contribution >= 0.6 is 31.9 Å². The zero-order chi connectivity index (χ0) is 7.98. The number of rotatable bonds is 3. The summed E-state index contributed by atoms with van der Waals surface area (Å²) in [4.78, 5) is 0.484. The van der Waals surface area contributed by atoms with Crippen molar-refractivity contribution in [1.82, 2.24) is 0 Å². The van der Waals surface area contributed by atoms with E-state index in [-0.39, 0.29) is 0 Å². The van der Waals surface area contributed by atoms with Gasteiger partial charge in [0.25, 0.3) is 0 Å². The SMILES string of the molecule is C/C=C\C(Br)=C/C(Br)CC. The van der Waals surface area contributed by atoms with Gasteiger partial charge in [0.2, 0.25) is 0 Å². The Morgan fingerprint density at radius 1 is 1.60 bits per heavy atom. The molecule has 0 aromatic carbocycles. The van der Waals surface area contributed by atoms with Gasteiger partial charge >= 0.3 is 0 Å². The van der Waals surface area contributed by atoms with Crippen molar-refractivity contribution in [2.75, 3.05) is 0 Å². The highest BCUT2D eigenvalue weighted by molar-refractivity contribution is 9.12. The number of halogens is 2. The average Bonchev–Trinajstić information content (AvgIpc) is 1.88. The average molecular weight is 268 g/mol. The van der Waals surface area contributed by atoms with E-state index in [0.717, 1.165) is 10.9 Å². The van der Waals surface area contributed by atoms with Crippen LogP contribution in [0.4, 0.5) is 0 Å². The molecule has 0 amide bonds. The summed E-state index contributed by atoms with van der Waals surface area (Å²) in [6.45, 7) is 4.15. The lowest BCUT2D eigenvalue weighted by Gasteiger charge is -1.97. The molecular weight excluding hydrogens is 256 g/mol. The van der Waals surface area contributed by atoms with Crippen molar-refractivity contribution in [1.29, 1.82) is 0 Å². The Morgan fingerprint density at radius 3 is 2.60 bits per heavy atom. The molecule has 0 fully saturated rings. The van der Waals surface area contributed by atoms with Crippen LogP contribution in [0, 0.1) is 0 Å². The first-order valence-electron chi connectivity index (χ1n) is 3.34. The fourth-order valence-electron chi connectivity index (χ4n) is 0.505. The molecule has 0 nitrogen and oxygen atoms in total. The Morgan fingerprint density at radius 2 is 2.20 bits per heavy atom. The minimum Gasteiger partial charge on any atom is -0.0866 e. The Hall–Kier alpha value is 0.440. The van der Waals surface area contributed by atoms with Crippen LogP contribution in [-0.2, 0) is 0 Å². The van der Waals surface area contributed by atoms with Crippen LogP contribution in [0.5, 0.6) is 0 Å². The third kappa shape index (κ3) is 5.24. The molecule has 1 atom stereocenters. The highest BCUT2D eigenvalue weighted by Gasteiger charge is 1.94. The minimum absolute atomic E-state index is 0.484. The molecule has 0 saturated heterocycles. The van der Waals surface area contributed by atoms with E-state index in [2.05, 4.69) is 44.9 Å². The van der Waals surface area contributed by atoms with Crippen molar-refractivity contribution in [3.8, 4) is 0 Å². The summed E-state index contributed by atoms with van der Waals surface area (Å²) in [5.41, 5.74) is 0. The van der Waals surface area contributed by atoms with Gasteiger partial charge in [0, 0.05) is 9.31 Å². The number of hydrogen-bond donors (Lipinski definition) is 0. The van der Waals surface area contributed by atoms with E-state index in [1.165, 1.54) is 0 Å². The molecule has 1 unspecified atom stereocenters. The molecular formula is C8H12Br2. The molecule has 0 heterocycles. The minimum atomic E-state index is 0.484. The standard InChI is InChI=1S/C8H12Br2/c1-3-5-8(10)6-7(9)4-2/h3,5-7H,4H2,1-2H3/b5-3-,8-6+. The molecule has 0 aliphatic heterocycles. The number of hydrogen-bond acceptors (Lipinski definition) is 0. The molecule has 0 radical (unpaired) electrons. The van der Waals surface area contributed by atoms with E-state index in [9.17, 15) is 0 Å². The third-order valence-corrected chi connectivity index (χ3v) is 2.50. The van der Waals surface area contributed by atoms with Crippen molar-refractivity contribution in [2.24, 2.45) is 0 Å². The summed E-state index contributed by atoms with van der Waals surface area (Å²) in [5, 5.41) is 0. The van der Waals surface area contributed by atoms with E-state index in [1.807, 2.05) is 19.1 Å². The maximum Gasteiger partial charge on any atom is 0.0336 e. The smallest absolute Gasteiger partial charge is 0.0336 e. The molecule has 0 bridgehead atoms. The third-order valence-electron chi connectivity index (χ3n) is 1.06. The molecule has 58 valence electrons. The van der Waals surface area contributed by atoms with Crippen molar-refractivity contribution >= 4 is 31.9 Å². The summed E-state index contributed by atoms with van der Waals surface area (Å²) in [6.07, 6.45) is 7.30. The monoisotopic (exact) mass is 266 g/mol. The van der Waals surface area contributed by atoms with E-state index in [4.69, 9.17) is 0 Å². The summed E-state index contributed by atoms with van der Waals surface area (Å²) in [6, 6.07) is 0. The summed E-state index contributed by atoms with van der Waals surface area (Å²) in [5.74, 6) is 0. The predicted octanol–water partition coefficient (Wildman–Crippen LogP) is 4.01. The van der Waals surface area contributed by atoms with Crippen LogP contribution < -0.4 is 0 Å². The van der Waals surface area contributed by atoms with Crippen molar-refractivity contribution in [2.45, 2.75) is 25.1 Å². The number of allylic oxidation sites excluding steroid dienone is 4. The van der Waals surface area contributed by atoms with Gasteiger partial charge in [-0.3, -0.25) is 0 Å². The quantitative estimate of drug-likeness (QED) is 0.535. The number of alkyl halides is 1. The Balaban J connectivity index is 3.89. The largest absolute Gasteiger partial charge is 0.0866 e. The van der Waals surface area contributed by atoms with Crippen LogP contribution in [0.25, 0.3) is 0 Å². The molecule has 2 heteroatoms. The lowest BCUT2D eigenvalue weighted by atomic mass is 10.3. The van der Waals surface area contributed by atoms with Gasteiger partial charge in [-0.25, -0.2) is 0 Å².